The monoisotopic (exact) mass is 446 g/mol. The molecule has 3 nitrogen and oxygen atoms in total. The number of halogens is 3. The van der Waals surface area contributed by atoms with E-state index in [4.69, 9.17) is 17.3 Å². The first-order valence-electron chi connectivity index (χ1n) is 9.97. The maximum Gasteiger partial charge on any atom is 0.249 e. The Kier molecular flexibility index (Phi) is 4.91. The van der Waals surface area contributed by atoms with Crippen LogP contribution in [0.5, 0.6) is 0 Å². The normalized spacial score (nSPS) is 11.3. The molecule has 32 heavy (non-hydrogen) atoms. The van der Waals surface area contributed by atoms with Crippen LogP contribution >= 0.6 is 11.6 Å². The van der Waals surface area contributed by atoms with Crippen molar-refractivity contribution in [2.75, 3.05) is 0 Å². The van der Waals surface area contributed by atoms with Gasteiger partial charge in [0.1, 0.15) is 11.6 Å². The van der Waals surface area contributed by atoms with E-state index in [0.717, 1.165) is 33.6 Å². The fourth-order valence-corrected chi connectivity index (χ4v) is 4.29. The first kappa shape index (κ1) is 20.2. The largest absolute Gasteiger partial charge is 0.366 e. The van der Waals surface area contributed by atoms with Crippen LogP contribution in [0.3, 0.4) is 0 Å². The molecule has 0 spiro atoms. The maximum absolute atomic E-state index is 14.5. The summed E-state index contributed by atoms with van der Waals surface area (Å²) >= 11 is 6.03. The minimum absolute atomic E-state index is 0.165. The Labute approximate surface area is 187 Å². The van der Waals surface area contributed by atoms with Gasteiger partial charge >= 0.3 is 0 Å². The number of hydrogen-bond acceptors (Lipinski definition) is 1. The molecule has 0 aliphatic rings. The molecular formula is C26H17ClF2N2O. The Morgan fingerprint density at radius 2 is 1.62 bits per heavy atom. The van der Waals surface area contributed by atoms with E-state index in [1.54, 1.807) is 12.1 Å². The zero-order valence-corrected chi connectivity index (χ0v) is 17.5. The summed E-state index contributed by atoms with van der Waals surface area (Å²) in [5.74, 6) is -1.79. The number of rotatable bonds is 4. The highest BCUT2D eigenvalue weighted by Crippen LogP contribution is 2.35. The molecule has 0 aliphatic heterocycles. The van der Waals surface area contributed by atoms with E-state index in [9.17, 15) is 13.6 Å². The van der Waals surface area contributed by atoms with E-state index in [0.29, 0.717) is 21.5 Å². The van der Waals surface area contributed by atoms with Gasteiger partial charge in [-0.3, -0.25) is 4.79 Å². The third-order valence-corrected chi connectivity index (χ3v) is 5.93. The van der Waals surface area contributed by atoms with Crippen molar-refractivity contribution < 1.29 is 13.6 Å². The van der Waals surface area contributed by atoms with Crippen molar-refractivity contribution in [3.63, 3.8) is 0 Å². The van der Waals surface area contributed by atoms with Gasteiger partial charge in [0.05, 0.1) is 17.6 Å². The van der Waals surface area contributed by atoms with Gasteiger partial charge in [-0.15, -0.1) is 0 Å². The van der Waals surface area contributed by atoms with Crippen LogP contribution in [0.1, 0.15) is 15.9 Å². The number of nitrogens with two attached hydrogens (primary N) is 1. The van der Waals surface area contributed by atoms with Gasteiger partial charge in [0.15, 0.2) is 0 Å². The minimum Gasteiger partial charge on any atom is -0.366 e. The summed E-state index contributed by atoms with van der Waals surface area (Å²) < 4.78 is 29.9. The van der Waals surface area contributed by atoms with Crippen molar-refractivity contribution in [3.05, 3.63) is 107 Å². The van der Waals surface area contributed by atoms with Crippen LogP contribution in [-0.2, 0) is 6.54 Å². The number of fused-ring (bicyclic) bond motifs is 3. The molecule has 0 saturated heterocycles. The van der Waals surface area contributed by atoms with Crippen molar-refractivity contribution >= 4 is 39.3 Å². The Hall–Kier alpha value is -3.70. The highest BCUT2D eigenvalue weighted by molar-refractivity contribution is 6.30. The lowest BCUT2D eigenvalue weighted by Crippen LogP contribution is -2.11. The second-order valence-corrected chi connectivity index (χ2v) is 8.06. The molecule has 4 aromatic carbocycles. The lowest BCUT2D eigenvalue weighted by atomic mass is 10.0. The highest BCUT2D eigenvalue weighted by atomic mass is 35.5. The number of hydrogen-bond donors (Lipinski definition) is 1. The van der Waals surface area contributed by atoms with Gasteiger partial charge < -0.3 is 10.3 Å². The van der Waals surface area contributed by atoms with Crippen molar-refractivity contribution in [1.82, 2.24) is 4.57 Å². The van der Waals surface area contributed by atoms with Gasteiger partial charge in [-0.05, 0) is 47.5 Å². The molecule has 1 aromatic heterocycles. The molecule has 1 amide bonds. The van der Waals surface area contributed by atoms with E-state index < -0.39 is 17.5 Å². The van der Waals surface area contributed by atoms with E-state index >= 15 is 0 Å². The molecule has 0 aliphatic carbocycles. The van der Waals surface area contributed by atoms with Crippen LogP contribution in [0, 0.1) is 11.6 Å². The van der Waals surface area contributed by atoms with Gasteiger partial charge in [-0.2, -0.15) is 0 Å². The van der Waals surface area contributed by atoms with Gasteiger partial charge in [0, 0.05) is 33.0 Å². The number of carbonyl (C=O) groups excluding carboxylic acids is 1. The second-order valence-electron chi connectivity index (χ2n) is 7.62. The van der Waals surface area contributed by atoms with Crippen molar-refractivity contribution in [3.8, 4) is 11.1 Å². The third kappa shape index (κ3) is 3.41. The first-order chi connectivity index (χ1) is 15.4. The molecular weight excluding hydrogens is 430 g/mol. The van der Waals surface area contributed by atoms with Crippen LogP contribution in [-0.4, -0.2) is 10.5 Å². The minimum atomic E-state index is -0.630. The quantitative estimate of drug-likeness (QED) is 0.335. The van der Waals surface area contributed by atoms with Crippen LogP contribution in [0.25, 0.3) is 32.9 Å². The predicted molar refractivity (Wildman–Crippen MR) is 124 cm³/mol. The number of nitrogens with zero attached hydrogens (tertiary/aromatic N) is 1. The molecule has 0 bridgehead atoms. The number of primary amides is 1. The van der Waals surface area contributed by atoms with E-state index in [-0.39, 0.29) is 6.54 Å². The van der Waals surface area contributed by atoms with E-state index in [2.05, 4.69) is 0 Å². The number of benzene rings is 4. The second kappa shape index (κ2) is 7.77. The Bertz CT molecular complexity index is 1510. The topological polar surface area (TPSA) is 48.0 Å². The summed E-state index contributed by atoms with van der Waals surface area (Å²) in [4.78, 5) is 12.1. The third-order valence-electron chi connectivity index (χ3n) is 5.68. The van der Waals surface area contributed by atoms with Crippen molar-refractivity contribution in [2.45, 2.75) is 6.54 Å². The van der Waals surface area contributed by atoms with Crippen LogP contribution in [0.2, 0.25) is 5.02 Å². The zero-order valence-electron chi connectivity index (χ0n) is 16.8. The van der Waals surface area contributed by atoms with Gasteiger partial charge in [0.2, 0.25) is 5.91 Å². The Morgan fingerprint density at radius 1 is 0.875 bits per heavy atom. The molecule has 1 heterocycles. The van der Waals surface area contributed by atoms with Crippen LogP contribution in [0.15, 0.2) is 78.9 Å². The van der Waals surface area contributed by atoms with Gasteiger partial charge in [-0.25, -0.2) is 8.78 Å². The average molecular weight is 447 g/mol. The number of amides is 1. The van der Waals surface area contributed by atoms with E-state index in [1.807, 2.05) is 53.1 Å². The number of aromatic nitrogens is 1. The summed E-state index contributed by atoms with van der Waals surface area (Å²) in [5.41, 5.74) is 9.84. The summed E-state index contributed by atoms with van der Waals surface area (Å²) in [6.07, 6.45) is 0. The maximum atomic E-state index is 14.5. The lowest BCUT2D eigenvalue weighted by molar-refractivity contribution is 0.100. The molecule has 2 N–H and O–H groups in total. The van der Waals surface area contributed by atoms with Gasteiger partial charge in [0.25, 0.3) is 0 Å². The summed E-state index contributed by atoms with van der Waals surface area (Å²) in [5, 5.41) is 2.18. The first-order valence-corrected chi connectivity index (χ1v) is 10.3. The standard InChI is InChI=1S/C26H17ClF2N2O/c27-18-8-4-15(5-9-18)16-7-11-20-24(12-16)31(14-17-6-10-19(28)13-22(17)29)23-3-1-2-21(25(20)23)26(30)32/h1-13H,14H2,(H2,30,32). The van der Waals surface area contributed by atoms with Crippen molar-refractivity contribution in [1.29, 1.82) is 0 Å². The number of carbonyl (C=O) groups is 1. The van der Waals surface area contributed by atoms with Crippen LogP contribution < -0.4 is 5.73 Å². The molecule has 6 heteroatoms. The molecule has 0 radical (unpaired) electrons. The predicted octanol–water partition coefficient (Wildman–Crippen LogP) is 6.54. The van der Waals surface area contributed by atoms with E-state index in [1.165, 1.54) is 12.1 Å². The lowest BCUT2D eigenvalue weighted by Gasteiger charge is -2.10. The highest BCUT2D eigenvalue weighted by Gasteiger charge is 2.18. The molecule has 5 aromatic rings. The molecule has 0 unspecified atom stereocenters. The summed E-state index contributed by atoms with van der Waals surface area (Å²) in [6.45, 7) is 0.165. The van der Waals surface area contributed by atoms with Crippen molar-refractivity contribution in [2.24, 2.45) is 5.73 Å². The molecule has 0 fully saturated rings. The fourth-order valence-electron chi connectivity index (χ4n) is 4.16. The molecule has 158 valence electrons. The Balaban J connectivity index is 1.80. The Morgan fingerprint density at radius 3 is 2.34 bits per heavy atom. The molecule has 5 rings (SSSR count). The zero-order chi connectivity index (χ0) is 22.4. The SMILES string of the molecule is NC(=O)c1cccc2c1c1ccc(-c3ccc(Cl)cc3)cc1n2Cc1ccc(F)cc1F. The van der Waals surface area contributed by atoms with Gasteiger partial charge in [-0.1, -0.05) is 48.0 Å². The molecule has 0 atom stereocenters. The smallest absolute Gasteiger partial charge is 0.249 e. The molecule has 0 saturated carbocycles. The summed E-state index contributed by atoms with van der Waals surface area (Å²) in [7, 11) is 0. The average Bonchev–Trinajstić information content (AvgIpc) is 3.09. The van der Waals surface area contributed by atoms with Crippen LogP contribution in [0.4, 0.5) is 8.78 Å². The summed E-state index contributed by atoms with van der Waals surface area (Å²) in [6, 6.07) is 22.2. The fraction of sp³-hybridized carbons (Fsp3) is 0.0385.